The highest BCUT2D eigenvalue weighted by Crippen LogP contribution is 2.38. The number of amides is 2. The van der Waals surface area contributed by atoms with Crippen LogP contribution in [0, 0.1) is 0 Å². The molecule has 1 atom stereocenters. The Balaban J connectivity index is 1.97. The van der Waals surface area contributed by atoms with Gasteiger partial charge in [0.15, 0.2) is 0 Å². The van der Waals surface area contributed by atoms with Gasteiger partial charge in [0.05, 0.1) is 0 Å². The van der Waals surface area contributed by atoms with Crippen molar-refractivity contribution in [2.75, 3.05) is 25.7 Å². The fraction of sp³-hybridized carbons (Fsp3) is 0.562. The first-order valence-electron chi connectivity index (χ1n) is 7.75. The van der Waals surface area contributed by atoms with Crippen LogP contribution in [0.1, 0.15) is 35.1 Å². The number of carbonyl (C=O) groups excluding carboxylic acids is 1. The molecule has 0 aliphatic heterocycles. The molecule has 120 valence electrons. The van der Waals surface area contributed by atoms with Crippen molar-refractivity contribution in [2.24, 2.45) is 4.36 Å². The number of rotatable bonds is 2. The Bertz CT molecular complexity index is 714. The zero-order valence-corrected chi connectivity index (χ0v) is 14.3. The second-order valence-electron chi connectivity index (χ2n) is 6.33. The molecule has 1 N–H and O–H groups in total. The summed E-state index contributed by atoms with van der Waals surface area (Å²) in [7, 11) is 0.678. The molecule has 0 saturated heterocycles. The summed E-state index contributed by atoms with van der Waals surface area (Å²) in [6, 6.07) is 1.82. The summed E-state index contributed by atoms with van der Waals surface area (Å²) in [5.74, 6) is 0. The minimum absolute atomic E-state index is 0.504. The Morgan fingerprint density at radius 3 is 2.18 bits per heavy atom. The van der Waals surface area contributed by atoms with E-state index in [1.165, 1.54) is 32.8 Å². The fourth-order valence-electron chi connectivity index (χ4n) is 3.33. The SMILES string of the molecule is CN(C)[S@](C)(=O)=NC(=O)Nc1c2c(cc3c1CCC3)CCC2. The van der Waals surface area contributed by atoms with Crippen LogP contribution in [0.2, 0.25) is 0 Å². The monoisotopic (exact) mass is 321 g/mol. The zero-order chi connectivity index (χ0) is 15.9. The summed E-state index contributed by atoms with van der Waals surface area (Å²) in [5.41, 5.74) is 6.19. The van der Waals surface area contributed by atoms with E-state index in [2.05, 4.69) is 15.7 Å². The molecular weight excluding hydrogens is 298 g/mol. The molecule has 0 aromatic heterocycles. The third-order valence-electron chi connectivity index (χ3n) is 4.63. The second-order valence-corrected chi connectivity index (χ2v) is 8.77. The van der Waals surface area contributed by atoms with Gasteiger partial charge in [0.25, 0.3) is 0 Å². The fourth-order valence-corrected chi connectivity index (χ4v) is 3.85. The summed E-state index contributed by atoms with van der Waals surface area (Å²) in [5, 5.41) is 2.94. The Hall–Kier alpha value is -1.40. The molecule has 0 spiro atoms. The van der Waals surface area contributed by atoms with Crippen LogP contribution in [0.3, 0.4) is 0 Å². The van der Waals surface area contributed by atoms with E-state index in [0.717, 1.165) is 44.2 Å². The van der Waals surface area contributed by atoms with Crippen molar-refractivity contribution in [1.82, 2.24) is 4.31 Å². The molecule has 6 heteroatoms. The molecule has 5 nitrogen and oxygen atoms in total. The lowest BCUT2D eigenvalue weighted by molar-refractivity contribution is 0.259. The van der Waals surface area contributed by atoms with Crippen LogP contribution in [0.25, 0.3) is 0 Å². The third-order valence-corrected chi connectivity index (χ3v) is 6.49. The highest BCUT2D eigenvalue weighted by molar-refractivity contribution is 7.90. The molecule has 0 unspecified atom stereocenters. The maximum absolute atomic E-state index is 12.3. The van der Waals surface area contributed by atoms with Crippen molar-refractivity contribution in [2.45, 2.75) is 38.5 Å². The summed E-state index contributed by atoms with van der Waals surface area (Å²) in [4.78, 5) is 12.2. The first-order chi connectivity index (χ1) is 10.4. The maximum Gasteiger partial charge on any atom is 0.354 e. The Morgan fingerprint density at radius 1 is 1.14 bits per heavy atom. The lowest BCUT2D eigenvalue weighted by Gasteiger charge is -2.16. The van der Waals surface area contributed by atoms with Gasteiger partial charge in [-0.1, -0.05) is 6.07 Å². The lowest BCUT2D eigenvalue weighted by atomic mass is 9.99. The molecule has 0 saturated carbocycles. The average molecular weight is 321 g/mol. The number of fused-ring (bicyclic) bond motifs is 2. The number of nitrogens with zero attached hydrogens (tertiary/aromatic N) is 2. The average Bonchev–Trinajstić information content (AvgIpc) is 3.05. The van der Waals surface area contributed by atoms with Crippen molar-refractivity contribution in [3.8, 4) is 0 Å². The highest BCUT2D eigenvalue weighted by atomic mass is 32.2. The topological polar surface area (TPSA) is 61.8 Å². The van der Waals surface area contributed by atoms with Crippen LogP contribution in [0.4, 0.5) is 10.5 Å². The molecule has 22 heavy (non-hydrogen) atoms. The van der Waals surface area contributed by atoms with Crippen molar-refractivity contribution >= 4 is 21.6 Å². The van der Waals surface area contributed by atoms with E-state index >= 15 is 0 Å². The van der Waals surface area contributed by atoms with E-state index in [1.807, 2.05) is 0 Å². The minimum Gasteiger partial charge on any atom is -0.305 e. The number of carbonyl (C=O) groups is 1. The molecule has 2 aliphatic rings. The van der Waals surface area contributed by atoms with Crippen LogP contribution in [-0.2, 0) is 35.6 Å². The van der Waals surface area contributed by atoms with Gasteiger partial charge < -0.3 is 5.32 Å². The summed E-state index contributed by atoms with van der Waals surface area (Å²) < 4.78 is 17.6. The Morgan fingerprint density at radius 2 is 1.68 bits per heavy atom. The standard InChI is InChI=1S/C16H23N3O2S/c1-19(2)22(3,21)18-16(20)17-15-13-8-4-6-11(13)10-12-7-5-9-14(12)15/h10H,4-9H2,1-3H3,(H,17,20)/t22-/m1/s1. The van der Waals surface area contributed by atoms with Crippen LogP contribution in [0.5, 0.6) is 0 Å². The number of benzene rings is 1. The first kappa shape index (κ1) is 15.5. The van der Waals surface area contributed by atoms with Crippen LogP contribution in [0.15, 0.2) is 10.4 Å². The highest BCUT2D eigenvalue weighted by Gasteiger charge is 2.25. The van der Waals surface area contributed by atoms with E-state index in [1.54, 1.807) is 14.1 Å². The van der Waals surface area contributed by atoms with E-state index in [-0.39, 0.29) is 0 Å². The van der Waals surface area contributed by atoms with Gasteiger partial charge in [-0.15, -0.1) is 4.36 Å². The van der Waals surface area contributed by atoms with Crippen LogP contribution < -0.4 is 5.32 Å². The third kappa shape index (κ3) is 2.77. The van der Waals surface area contributed by atoms with E-state index in [0.29, 0.717) is 0 Å². The smallest absolute Gasteiger partial charge is 0.305 e. The number of hydrogen-bond acceptors (Lipinski definition) is 2. The second kappa shape index (κ2) is 5.66. The Labute approximate surface area is 132 Å². The predicted octanol–water partition coefficient (Wildman–Crippen LogP) is 2.77. The van der Waals surface area contributed by atoms with Gasteiger partial charge in [0.1, 0.15) is 9.92 Å². The largest absolute Gasteiger partial charge is 0.354 e. The molecule has 0 bridgehead atoms. The van der Waals surface area contributed by atoms with E-state index in [9.17, 15) is 9.00 Å². The van der Waals surface area contributed by atoms with Gasteiger partial charge in [0, 0.05) is 26.0 Å². The maximum atomic E-state index is 12.3. The first-order valence-corrected chi connectivity index (χ1v) is 9.63. The molecular formula is C16H23N3O2S. The molecule has 0 heterocycles. The van der Waals surface area contributed by atoms with Gasteiger partial charge in [-0.3, -0.25) is 0 Å². The minimum atomic E-state index is -2.65. The molecule has 1 aromatic carbocycles. The number of anilines is 1. The zero-order valence-electron chi connectivity index (χ0n) is 13.4. The molecule has 1 aromatic rings. The normalized spacial score (nSPS) is 18.7. The van der Waals surface area contributed by atoms with E-state index < -0.39 is 15.9 Å². The number of aryl methyl sites for hydroxylation is 2. The van der Waals surface area contributed by atoms with Crippen molar-refractivity contribution in [1.29, 1.82) is 0 Å². The molecule has 0 fully saturated rings. The van der Waals surface area contributed by atoms with E-state index in [4.69, 9.17) is 0 Å². The summed E-state index contributed by atoms with van der Waals surface area (Å²) in [6.45, 7) is 0. The number of urea groups is 1. The van der Waals surface area contributed by atoms with Gasteiger partial charge in [0.2, 0.25) is 0 Å². The molecule has 3 rings (SSSR count). The van der Waals surface area contributed by atoms with Crippen LogP contribution >= 0.6 is 0 Å². The van der Waals surface area contributed by atoms with Gasteiger partial charge in [-0.25, -0.2) is 13.3 Å². The van der Waals surface area contributed by atoms with Crippen molar-refractivity contribution in [3.05, 3.63) is 28.3 Å². The van der Waals surface area contributed by atoms with Crippen LogP contribution in [-0.4, -0.2) is 34.9 Å². The van der Waals surface area contributed by atoms with Gasteiger partial charge >= 0.3 is 6.03 Å². The molecule has 2 aliphatic carbocycles. The summed E-state index contributed by atoms with van der Waals surface area (Å²) >= 11 is 0. The van der Waals surface area contributed by atoms with Gasteiger partial charge in [-0.05, 0) is 60.8 Å². The molecule has 2 amide bonds. The van der Waals surface area contributed by atoms with Crippen molar-refractivity contribution in [3.63, 3.8) is 0 Å². The van der Waals surface area contributed by atoms with Gasteiger partial charge in [-0.2, -0.15) is 0 Å². The van der Waals surface area contributed by atoms with Crippen molar-refractivity contribution < 1.29 is 9.00 Å². The number of nitrogens with one attached hydrogen (secondary N) is 1. The Kier molecular flexibility index (Phi) is 3.99. The predicted molar refractivity (Wildman–Crippen MR) is 89.7 cm³/mol. The summed E-state index contributed by atoms with van der Waals surface area (Å²) in [6.07, 6.45) is 7.95. The molecule has 0 radical (unpaired) electrons. The quantitative estimate of drug-likeness (QED) is 0.910. The number of hydrogen-bond donors (Lipinski definition) is 1. The lowest BCUT2D eigenvalue weighted by Crippen LogP contribution is -2.23.